The van der Waals surface area contributed by atoms with Gasteiger partial charge >= 0.3 is 0 Å². The van der Waals surface area contributed by atoms with E-state index in [-0.39, 0.29) is 6.10 Å². The second-order valence-electron chi connectivity index (χ2n) is 7.20. The number of unbranched alkanes of at least 4 members (excludes halogenated alkanes) is 7. The van der Waals surface area contributed by atoms with Crippen LogP contribution < -0.4 is 5.32 Å². The highest BCUT2D eigenvalue weighted by molar-refractivity contribution is 5.08. The molecule has 132 valence electrons. The Morgan fingerprint density at radius 2 is 1.78 bits per heavy atom. The number of aliphatic hydroxyl groups excluding tert-OH is 1. The highest BCUT2D eigenvalue weighted by atomic mass is 16.3. The Balaban J connectivity index is 1.55. The van der Waals surface area contributed by atoms with E-state index in [4.69, 9.17) is 4.42 Å². The lowest BCUT2D eigenvalue weighted by Crippen LogP contribution is -2.39. The predicted octanol–water partition coefficient (Wildman–Crippen LogP) is 5.01. The maximum absolute atomic E-state index is 10.1. The van der Waals surface area contributed by atoms with Crippen molar-refractivity contribution in [1.29, 1.82) is 0 Å². The van der Waals surface area contributed by atoms with Gasteiger partial charge in [-0.15, -0.1) is 0 Å². The largest absolute Gasteiger partial charge is 0.469 e. The van der Waals surface area contributed by atoms with Crippen LogP contribution in [0.2, 0.25) is 0 Å². The monoisotopic (exact) mass is 321 g/mol. The molecule has 1 aliphatic carbocycles. The summed E-state index contributed by atoms with van der Waals surface area (Å²) in [4.78, 5) is 0. The molecule has 1 aromatic heterocycles. The van der Waals surface area contributed by atoms with Gasteiger partial charge in [-0.2, -0.15) is 0 Å². The Kier molecular flexibility index (Phi) is 8.77. The molecular formula is C20H35NO2. The fraction of sp³-hybridized carbons (Fsp3) is 0.800. The molecule has 0 saturated heterocycles. The van der Waals surface area contributed by atoms with E-state index in [0.29, 0.717) is 12.0 Å². The lowest BCUT2D eigenvalue weighted by atomic mass is 9.82. The van der Waals surface area contributed by atoms with Crippen LogP contribution in [0, 0.1) is 0 Å². The van der Waals surface area contributed by atoms with Gasteiger partial charge in [0.2, 0.25) is 0 Å². The zero-order chi connectivity index (χ0) is 16.3. The van der Waals surface area contributed by atoms with Crippen LogP contribution in [0.25, 0.3) is 0 Å². The number of nitrogens with one attached hydrogen (secondary N) is 1. The molecule has 3 atom stereocenters. The molecule has 3 nitrogen and oxygen atoms in total. The number of furan rings is 1. The van der Waals surface area contributed by atoms with Crippen LogP contribution in [-0.4, -0.2) is 23.8 Å². The van der Waals surface area contributed by atoms with Crippen LogP contribution >= 0.6 is 0 Å². The van der Waals surface area contributed by atoms with E-state index in [1.807, 2.05) is 12.1 Å². The molecule has 1 aromatic rings. The van der Waals surface area contributed by atoms with Crippen molar-refractivity contribution < 1.29 is 9.52 Å². The van der Waals surface area contributed by atoms with Crippen LogP contribution in [0.5, 0.6) is 0 Å². The number of rotatable bonds is 11. The van der Waals surface area contributed by atoms with Gasteiger partial charge in [0, 0.05) is 12.0 Å². The summed E-state index contributed by atoms with van der Waals surface area (Å²) in [6, 6.07) is 4.41. The van der Waals surface area contributed by atoms with Crippen LogP contribution in [0.3, 0.4) is 0 Å². The fourth-order valence-electron chi connectivity index (χ4n) is 3.78. The topological polar surface area (TPSA) is 45.4 Å². The first-order chi connectivity index (χ1) is 11.3. The molecule has 1 aliphatic rings. The van der Waals surface area contributed by atoms with Crippen molar-refractivity contribution in [2.24, 2.45) is 0 Å². The van der Waals surface area contributed by atoms with E-state index >= 15 is 0 Å². The quantitative estimate of drug-likeness (QED) is 0.563. The van der Waals surface area contributed by atoms with Crippen molar-refractivity contribution >= 4 is 0 Å². The third-order valence-corrected chi connectivity index (χ3v) is 5.09. The minimum absolute atomic E-state index is 0.199. The van der Waals surface area contributed by atoms with Crippen molar-refractivity contribution in [1.82, 2.24) is 5.32 Å². The highest BCUT2D eigenvalue weighted by Crippen LogP contribution is 2.33. The van der Waals surface area contributed by atoms with Gasteiger partial charge in [-0.3, -0.25) is 0 Å². The molecular weight excluding hydrogens is 286 g/mol. The van der Waals surface area contributed by atoms with E-state index in [1.54, 1.807) is 6.26 Å². The molecule has 0 amide bonds. The molecule has 1 saturated carbocycles. The van der Waals surface area contributed by atoms with E-state index in [0.717, 1.165) is 31.6 Å². The van der Waals surface area contributed by atoms with E-state index in [9.17, 15) is 5.11 Å². The molecule has 0 aromatic carbocycles. The molecule has 0 bridgehead atoms. The number of hydrogen-bond acceptors (Lipinski definition) is 3. The average Bonchev–Trinajstić information content (AvgIpc) is 3.07. The Morgan fingerprint density at radius 3 is 2.48 bits per heavy atom. The van der Waals surface area contributed by atoms with Crippen LogP contribution in [0.15, 0.2) is 22.8 Å². The molecule has 2 rings (SSSR count). The molecule has 0 spiro atoms. The Hall–Kier alpha value is -0.800. The van der Waals surface area contributed by atoms with Gasteiger partial charge in [0.25, 0.3) is 0 Å². The van der Waals surface area contributed by atoms with Crippen molar-refractivity contribution in [2.75, 3.05) is 6.54 Å². The Morgan fingerprint density at radius 1 is 1.04 bits per heavy atom. The average molecular weight is 322 g/mol. The second kappa shape index (κ2) is 10.9. The minimum atomic E-state index is -0.199. The lowest BCUT2D eigenvalue weighted by molar-refractivity contribution is 0.0956. The van der Waals surface area contributed by atoms with E-state index in [1.165, 1.54) is 51.4 Å². The summed E-state index contributed by atoms with van der Waals surface area (Å²) in [5.74, 6) is 1.40. The van der Waals surface area contributed by atoms with Crippen LogP contribution in [0.1, 0.15) is 89.2 Å². The fourth-order valence-corrected chi connectivity index (χ4v) is 3.78. The molecule has 1 fully saturated rings. The first-order valence-electron chi connectivity index (χ1n) is 9.74. The summed E-state index contributed by atoms with van der Waals surface area (Å²) < 4.78 is 5.53. The maximum atomic E-state index is 10.1. The van der Waals surface area contributed by atoms with Crippen LogP contribution in [-0.2, 0) is 0 Å². The Bertz CT molecular complexity index is 390. The summed E-state index contributed by atoms with van der Waals surface area (Å²) in [6.45, 7) is 3.35. The zero-order valence-electron chi connectivity index (χ0n) is 14.8. The van der Waals surface area contributed by atoms with Gasteiger partial charge in [-0.1, -0.05) is 51.9 Å². The summed E-state index contributed by atoms with van der Waals surface area (Å²) >= 11 is 0. The molecule has 0 radical (unpaired) electrons. The van der Waals surface area contributed by atoms with Crippen molar-refractivity contribution in [3.63, 3.8) is 0 Å². The zero-order valence-corrected chi connectivity index (χ0v) is 14.8. The summed E-state index contributed by atoms with van der Waals surface area (Å²) in [7, 11) is 0. The number of aliphatic hydroxyl groups is 1. The van der Waals surface area contributed by atoms with Crippen molar-refractivity contribution in [2.45, 2.75) is 95.6 Å². The van der Waals surface area contributed by atoms with Gasteiger partial charge in [0.15, 0.2) is 0 Å². The summed E-state index contributed by atoms with van der Waals surface area (Å²) in [6.07, 6.45) is 15.2. The van der Waals surface area contributed by atoms with Gasteiger partial charge in [-0.05, 0) is 44.4 Å². The number of hydrogen-bond donors (Lipinski definition) is 2. The highest BCUT2D eigenvalue weighted by Gasteiger charge is 2.29. The van der Waals surface area contributed by atoms with Gasteiger partial charge < -0.3 is 14.8 Å². The summed E-state index contributed by atoms with van der Waals surface area (Å²) in [5, 5.41) is 13.8. The first-order valence-corrected chi connectivity index (χ1v) is 9.74. The predicted molar refractivity (Wildman–Crippen MR) is 95.7 cm³/mol. The molecule has 23 heavy (non-hydrogen) atoms. The van der Waals surface area contributed by atoms with Crippen LogP contribution in [0.4, 0.5) is 0 Å². The molecule has 3 heteroatoms. The Labute approximate surface area is 141 Å². The van der Waals surface area contributed by atoms with Gasteiger partial charge in [-0.25, -0.2) is 0 Å². The third-order valence-electron chi connectivity index (χ3n) is 5.09. The normalized spacial score (nSPS) is 24.9. The molecule has 0 aliphatic heterocycles. The molecule has 1 heterocycles. The van der Waals surface area contributed by atoms with Crippen molar-refractivity contribution in [3.05, 3.63) is 24.2 Å². The van der Waals surface area contributed by atoms with Gasteiger partial charge in [0.05, 0.1) is 12.4 Å². The first kappa shape index (κ1) is 18.5. The third kappa shape index (κ3) is 7.09. The SMILES string of the molecule is CCCCCCCCCCNC1CC(O)CC(c2ccco2)C1. The van der Waals surface area contributed by atoms with E-state index < -0.39 is 0 Å². The van der Waals surface area contributed by atoms with Crippen molar-refractivity contribution in [3.8, 4) is 0 Å². The smallest absolute Gasteiger partial charge is 0.106 e. The molecule has 3 unspecified atom stereocenters. The second-order valence-corrected chi connectivity index (χ2v) is 7.20. The minimum Gasteiger partial charge on any atom is -0.469 e. The van der Waals surface area contributed by atoms with E-state index in [2.05, 4.69) is 12.2 Å². The molecule has 2 N–H and O–H groups in total. The lowest BCUT2D eigenvalue weighted by Gasteiger charge is -2.32. The van der Waals surface area contributed by atoms with Gasteiger partial charge in [0.1, 0.15) is 5.76 Å². The summed E-state index contributed by atoms with van der Waals surface area (Å²) in [5.41, 5.74) is 0. The standard InChI is InChI=1S/C20H35NO2/c1-2-3-4-5-6-7-8-9-12-21-18-14-17(15-19(22)16-18)20-11-10-13-23-20/h10-11,13,17-19,21-22H,2-9,12,14-16H2,1H3. The maximum Gasteiger partial charge on any atom is 0.106 e.